The number of rotatable bonds is 3. The smallest absolute Gasteiger partial charge is 0.325 e. The van der Waals surface area contributed by atoms with Crippen molar-refractivity contribution in [3.63, 3.8) is 0 Å². The van der Waals surface area contributed by atoms with E-state index in [0.717, 1.165) is 11.4 Å². The summed E-state index contributed by atoms with van der Waals surface area (Å²) in [6.07, 6.45) is 0. The summed E-state index contributed by atoms with van der Waals surface area (Å²) in [7, 11) is 0. The van der Waals surface area contributed by atoms with Crippen LogP contribution in [0.3, 0.4) is 0 Å². The Kier molecular flexibility index (Phi) is 3.44. The monoisotopic (exact) mass is 276 g/mol. The Hall–Kier alpha value is -2.44. The zero-order valence-corrected chi connectivity index (χ0v) is 11.8. The summed E-state index contributed by atoms with van der Waals surface area (Å²) < 4.78 is 1.59. The second-order valence-corrected chi connectivity index (χ2v) is 4.77. The van der Waals surface area contributed by atoms with Crippen molar-refractivity contribution in [2.24, 2.45) is 0 Å². The lowest BCUT2D eigenvalue weighted by Gasteiger charge is -2.08. The quantitative estimate of drug-likeness (QED) is 0.866. The van der Waals surface area contributed by atoms with Gasteiger partial charge in [0.2, 0.25) is 0 Å². The molecule has 2 aromatic heterocycles. The molecule has 7 heteroatoms. The molecule has 2 heterocycles. The highest BCUT2D eigenvalue weighted by atomic mass is 16.4. The molecule has 0 fully saturated rings. The summed E-state index contributed by atoms with van der Waals surface area (Å²) in [5.41, 5.74) is 2.90. The maximum atomic E-state index is 12.2. The summed E-state index contributed by atoms with van der Waals surface area (Å²) in [5.74, 6) is -1.57. The second-order valence-electron chi connectivity index (χ2n) is 4.77. The minimum Gasteiger partial charge on any atom is -0.480 e. The van der Waals surface area contributed by atoms with Crippen molar-refractivity contribution in [3.8, 4) is 0 Å². The van der Waals surface area contributed by atoms with Gasteiger partial charge < -0.3 is 10.4 Å². The van der Waals surface area contributed by atoms with Gasteiger partial charge in [-0.05, 0) is 33.8 Å². The fourth-order valence-corrected chi connectivity index (χ4v) is 2.02. The highest BCUT2D eigenvalue weighted by Crippen LogP contribution is 2.16. The van der Waals surface area contributed by atoms with Crippen molar-refractivity contribution in [3.05, 3.63) is 28.7 Å². The largest absolute Gasteiger partial charge is 0.480 e. The van der Waals surface area contributed by atoms with E-state index in [1.165, 1.54) is 6.92 Å². The normalized spacial score (nSPS) is 12.4. The van der Waals surface area contributed by atoms with E-state index >= 15 is 0 Å². The van der Waals surface area contributed by atoms with Gasteiger partial charge in [-0.3, -0.25) is 9.59 Å². The Morgan fingerprint density at radius 2 is 2.00 bits per heavy atom. The Morgan fingerprint density at radius 3 is 2.60 bits per heavy atom. The molecule has 20 heavy (non-hydrogen) atoms. The first kappa shape index (κ1) is 14.0. The Labute approximate surface area is 115 Å². The molecule has 0 aliphatic rings. The fourth-order valence-electron chi connectivity index (χ4n) is 2.02. The molecule has 2 aromatic rings. The number of aromatic nitrogens is 3. The van der Waals surface area contributed by atoms with Gasteiger partial charge in [0.1, 0.15) is 11.6 Å². The zero-order chi connectivity index (χ0) is 15.0. The van der Waals surface area contributed by atoms with Crippen LogP contribution in [0.4, 0.5) is 0 Å². The Balaban J connectivity index is 2.51. The number of nitrogens with zero attached hydrogens (tertiary/aromatic N) is 3. The van der Waals surface area contributed by atoms with Gasteiger partial charge in [0, 0.05) is 11.4 Å². The number of hydrogen-bond acceptors (Lipinski definition) is 4. The Morgan fingerprint density at radius 1 is 1.35 bits per heavy atom. The number of aryl methyl sites for hydroxylation is 3. The van der Waals surface area contributed by atoms with Crippen LogP contribution in [-0.4, -0.2) is 37.6 Å². The number of nitrogens with one attached hydrogen (secondary N) is 1. The minimum absolute atomic E-state index is 0.310. The molecule has 0 spiro atoms. The van der Waals surface area contributed by atoms with E-state index in [1.807, 2.05) is 19.9 Å². The molecule has 0 aromatic carbocycles. The topological polar surface area (TPSA) is 96.6 Å². The molecule has 1 atom stereocenters. The van der Waals surface area contributed by atoms with Crippen molar-refractivity contribution >= 4 is 17.5 Å². The van der Waals surface area contributed by atoms with Gasteiger partial charge in [-0.1, -0.05) is 0 Å². The summed E-state index contributed by atoms with van der Waals surface area (Å²) in [5, 5.41) is 15.5. The van der Waals surface area contributed by atoms with Crippen LogP contribution in [0.15, 0.2) is 6.07 Å². The molecule has 0 saturated heterocycles. The van der Waals surface area contributed by atoms with Crippen molar-refractivity contribution in [1.29, 1.82) is 0 Å². The van der Waals surface area contributed by atoms with Gasteiger partial charge in [0.05, 0.1) is 5.69 Å². The van der Waals surface area contributed by atoms with E-state index in [-0.39, 0.29) is 0 Å². The second kappa shape index (κ2) is 4.92. The fraction of sp³-hybridized carbons (Fsp3) is 0.385. The van der Waals surface area contributed by atoms with E-state index in [0.29, 0.717) is 16.9 Å². The molecule has 0 aliphatic carbocycles. The summed E-state index contributed by atoms with van der Waals surface area (Å²) in [6, 6.07) is 0.892. The highest BCUT2D eigenvalue weighted by molar-refractivity contribution is 6.02. The van der Waals surface area contributed by atoms with Crippen LogP contribution in [0.5, 0.6) is 0 Å². The average Bonchev–Trinajstić information content (AvgIpc) is 2.65. The number of amides is 1. The van der Waals surface area contributed by atoms with Gasteiger partial charge in [-0.25, -0.2) is 9.50 Å². The maximum absolute atomic E-state index is 12.2. The van der Waals surface area contributed by atoms with Crippen LogP contribution in [0, 0.1) is 20.8 Å². The molecule has 2 rings (SSSR count). The van der Waals surface area contributed by atoms with Crippen LogP contribution in [-0.2, 0) is 4.79 Å². The number of fused-ring (bicyclic) bond motifs is 1. The molecule has 0 saturated carbocycles. The predicted molar refractivity (Wildman–Crippen MR) is 71.8 cm³/mol. The highest BCUT2D eigenvalue weighted by Gasteiger charge is 2.22. The first-order chi connectivity index (χ1) is 9.31. The van der Waals surface area contributed by atoms with Crippen molar-refractivity contribution in [2.75, 3.05) is 0 Å². The van der Waals surface area contributed by atoms with Crippen LogP contribution in [0.2, 0.25) is 0 Å². The maximum Gasteiger partial charge on any atom is 0.325 e. The predicted octanol–water partition coefficient (Wildman–Crippen LogP) is 0.857. The van der Waals surface area contributed by atoms with Crippen LogP contribution >= 0.6 is 0 Å². The lowest BCUT2D eigenvalue weighted by Crippen LogP contribution is -2.38. The molecule has 0 bridgehead atoms. The zero-order valence-electron chi connectivity index (χ0n) is 11.8. The molecule has 1 amide bonds. The van der Waals surface area contributed by atoms with Crippen LogP contribution < -0.4 is 5.32 Å². The van der Waals surface area contributed by atoms with Gasteiger partial charge in [0.15, 0.2) is 5.65 Å². The van der Waals surface area contributed by atoms with Crippen molar-refractivity contribution < 1.29 is 14.7 Å². The summed E-state index contributed by atoms with van der Waals surface area (Å²) in [4.78, 5) is 27.3. The molecule has 0 aliphatic heterocycles. The first-order valence-corrected chi connectivity index (χ1v) is 6.18. The number of carbonyl (C=O) groups excluding carboxylic acids is 1. The minimum atomic E-state index is -1.09. The lowest BCUT2D eigenvalue weighted by atomic mass is 10.2. The van der Waals surface area contributed by atoms with E-state index in [4.69, 9.17) is 5.11 Å². The molecular formula is C13H16N4O3. The van der Waals surface area contributed by atoms with Crippen LogP contribution in [0.1, 0.15) is 34.4 Å². The Bertz CT molecular complexity index is 705. The number of aliphatic carboxylic acids is 1. The number of hydrogen-bond donors (Lipinski definition) is 2. The van der Waals surface area contributed by atoms with Crippen molar-refractivity contribution in [2.45, 2.75) is 33.7 Å². The number of carboxylic acids is 1. The molecule has 0 unspecified atom stereocenters. The van der Waals surface area contributed by atoms with E-state index in [1.54, 1.807) is 11.4 Å². The summed E-state index contributed by atoms with van der Waals surface area (Å²) in [6.45, 7) is 6.81. The molecule has 2 N–H and O–H groups in total. The lowest BCUT2D eigenvalue weighted by molar-refractivity contribution is -0.138. The van der Waals surface area contributed by atoms with Gasteiger partial charge >= 0.3 is 5.97 Å². The van der Waals surface area contributed by atoms with E-state index < -0.39 is 17.9 Å². The number of carbonyl (C=O) groups is 2. The van der Waals surface area contributed by atoms with Crippen molar-refractivity contribution in [1.82, 2.24) is 19.9 Å². The third kappa shape index (κ3) is 2.34. The molecule has 0 radical (unpaired) electrons. The third-order valence-electron chi connectivity index (χ3n) is 3.02. The first-order valence-electron chi connectivity index (χ1n) is 6.18. The van der Waals surface area contributed by atoms with Crippen LogP contribution in [0.25, 0.3) is 5.65 Å². The SMILES string of the molecule is Cc1cc(C)n2nc(C)c(C(=O)N[C@@H](C)C(=O)O)c2n1. The van der Waals surface area contributed by atoms with Gasteiger partial charge in [-0.2, -0.15) is 5.10 Å². The molecule has 106 valence electrons. The molecule has 7 nitrogen and oxygen atoms in total. The average molecular weight is 276 g/mol. The number of carboxylic acid groups (broad SMARTS) is 1. The van der Waals surface area contributed by atoms with Gasteiger partial charge in [-0.15, -0.1) is 0 Å². The standard InChI is InChI=1S/C13H16N4O3/c1-6-5-7(2)17-11(14-6)10(8(3)16-17)12(18)15-9(4)13(19)20/h5,9H,1-4H3,(H,15,18)(H,19,20)/t9-/m0/s1. The molecular weight excluding hydrogens is 260 g/mol. The van der Waals surface area contributed by atoms with E-state index in [9.17, 15) is 9.59 Å². The van der Waals surface area contributed by atoms with Gasteiger partial charge in [0.25, 0.3) is 5.91 Å². The van der Waals surface area contributed by atoms with E-state index in [2.05, 4.69) is 15.4 Å². The third-order valence-corrected chi connectivity index (χ3v) is 3.02. The summed E-state index contributed by atoms with van der Waals surface area (Å²) >= 11 is 0.